The summed E-state index contributed by atoms with van der Waals surface area (Å²) < 4.78 is 0. The number of hydrogen-bond acceptors (Lipinski definition) is 2. The molecule has 1 heterocycles. The van der Waals surface area contributed by atoms with Gasteiger partial charge >= 0.3 is 0 Å². The first-order chi connectivity index (χ1) is 7.58. The second kappa shape index (κ2) is 4.55. The number of anilines is 1. The van der Waals surface area contributed by atoms with E-state index in [2.05, 4.69) is 32.2 Å². The SMILES string of the molecule is CN(C)C(Br)c1ccc2c(c1)CCC(=O)N2. The summed E-state index contributed by atoms with van der Waals surface area (Å²) in [6, 6.07) is 6.19. The van der Waals surface area contributed by atoms with Gasteiger partial charge in [-0.3, -0.25) is 9.69 Å². The van der Waals surface area contributed by atoms with Crippen molar-refractivity contribution in [3.8, 4) is 0 Å². The van der Waals surface area contributed by atoms with Crippen molar-refractivity contribution in [1.29, 1.82) is 0 Å². The Kier molecular flexibility index (Phi) is 3.30. The van der Waals surface area contributed by atoms with Gasteiger partial charge < -0.3 is 5.32 Å². The smallest absolute Gasteiger partial charge is 0.224 e. The Bertz CT molecular complexity index is 417. The highest BCUT2D eigenvalue weighted by Crippen LogP contribution is 2.30. The number of rotatable bonds is 2. The summed E-state index contributed by atoms with van der Waals surface area (Å²) in [6.07, 6.45) is 1.42. The maximum Gasteiger partial charge on any atom is 0.224 e. The van der Waals surface area contributed by atoms with Crippen molar-refractivity contribution >= 4 is 27.5 Å². The Balaban J connectivity index is 2.29. The lowest BCUT2D eigenvalue weighted by Crippen LogP contribution is -2.20. The second-order valence-corrected chi connectivity index (χ2v) is 5.13. The highest BCUT2D eigenvalue weighted by atomic mass is 79.9. The third-order valence-electron chi connectivity index (χ3n) is 2.75. The van der Waals surface area contributed by atoms with E-state index in [0.29, 0.717) is 6.42 Å². The van der Waals surface area contributed by atoms with Gasteiger partial charge in [-0.15, -0.1) is 0 Å². The van der Waals surface area contributed by atoms with Crippen LogP contribution in [-0.2, 0) is 11.2 Å². The maximum absolute atomic E-state index is 11.2. The first-order valence-corrected chi connectivity index (χ1v) is 6.22. The van der Waals surface area contributed by atoms with Crippen LogP contribution in [0.3, 0.4) is 0 Å². The molecule has 0 saturated heterocycles. The van der Waals surface area contributed by atoms with Crippen molar-refractivity contribution in [2.45, 2.75) is 17.8 Å². The molecule has 1 unspecified atom stereocenters. The molecule has 2 rings (SSSR count). The number of fused-ring (bicyclic) bond motifs is 1. The summed E-state index contributed by atoms with van der Waals surface area (Å²) in [4.78, 5) is 13.5. The molecule has 0 aliphatic carbocycles. The molecule has 4 heteroatoms. The van der Waals surface area contributed by atoms with E-state index in [4.69, 9.17) is 0 Å². The molecule has 0 fully saturated rings. The lowest BCUT2D eigenvalue weighted by molar-refractivity contribution is -0.116. The molecule has 0 bridgehead atoms. The Hall–Kier alpha value is -0.870. The van der Waals surface area contributed by atoms with Gasteiger partial charge in [0.05, 0.1) is 4.95 Å². The average Bonchev–Trinajstić information content (AvgIpc) is 2.27. The standard InChI is InChI=1S/C12H15BrN2O/c1-15(2)12(13)9-3-5-10-8(7-9)4-6-11(16)14-10/h3,5,7,12H,4,6H2,1-2H3,(H,14,16). The highest BCUT2D eigenvalue weighted by molar-refractivity contribution is 9.09. The summed E-state index contributed by atoms with van der Waals surface area (Å²) in [5, 5.41) is 2.89. The number of nitrogens with zero attached hydrogens (tertiary/aromatic N) is 1. The predicted octanol–water partition coefficient (Wildman–Crippen LogP) is 2.53. The van der Waals surface area contributed by atoms with Gasteiger partial charge in [-0.25, -0.2) is 0 Å². The Morgan fingerprint density at radius 1 is 1.38 bits per heavy atom. The van der Waals surface area contributed by atoms with Crippen LogP contribution in [0.15, 0.2) is 18.2 Å². The van der Waals surface area contributed by atoms with Crippen LogP contribution >= 0.6 is 15.9 Å². The Labute approximate surface area is 104 Å². The van der Waals surface area contributed by atoms with Crippen LogP contribution < -0.4 is 5.32 Å². The van der Waals surface area contributed by atoms with Crippen LogP contribution in [0.25, 0.3) is 0 Å². The van der Waals surface area contributed by atoms with Crippen molar-refractivity contribution in [2.75, 3.05) is 19.4 Å². The van der Waals surface area contributed by atoms with E-state index in [9.17, 15) is 4.79 Å². The number of amides is 1. The van der Waals surface area contributed by atoms with E-state index in [1.54, 1.807) is 0 Å². The molecule has 0 radical (unpaired) electrons. The molecule has 16 heavy (non-hydrogen) atoms. The zero-order valence-electron chi connectivity index (χ0n) is 9.46. The molecule has 1 N–H and O–H groups in total. The first kappa shape index (κ1) is 11.6. The summed E-state index contributed by atoms with van der Waals surface area (Å²) in [5.74, 6) is 0.114. The molecule has 1 aliphatic heterocycles. The molecular formula is C12H15BrN2O. The number of nitrogens with one attached hydrogen (secondary N) is 1. The van der Waals surface area contributed by atoms with Crippen molar-refractivity contribution in [3.63, 3.8) is 0 Å². The van der Waals surface area contributed by atoms with E-state index in [-0.39, 0.29) is 10.9 Å². The Morgan fingerprint density at radius 2 is 2.12 bits per heavy atom. The van der Waals surface area contributed by atoms with Crippen LogP contribution in [0.4, 0.5) is 5.69 Å². The number of hydrogen-bond donors (Lipinski definition) is 1. The lowest BCUT2D eigenvalue weighted by Gasteiger charge is -2.22. The molecule has 0 saturated carbocycles. The molecule has 1 aromatic rings. The normalized spacial score (nSPS) is 16.9. The van der Waals surface area contributed by atoms with Crippen LogP contribution in [0.1, 0.15) is 22.5 Å². The molecule has 0 spiro atoms. The van der Waals surface area contributed by atoms with Gasteiger partial charge in [0.1, 0.15) is 0 Å². The number of benzene rings is 1. The fraction of sp³-hybridized carbons (Fsp3) is 0.417. The van der Waals surface area contributed by atoms with E-state index in [1.807, 2.05) is 26.2 Å². The van der Waals surface area contributed by atoms with Gasteiger partial charge in [0, 0.05) is 12.1 Å². The van der Waals surface area contributed by atoms with E-state index in [1.165, 1.54) is 11.1 Å². The summed E-state index contributed by atoms with van der Waals surface area (Å²) in [5.41, 5.74) is 3.40. The molecular weight excluding hydrogens is 268 g/mol. The summed E-state index contributed by atoms with van der Waals surface area (Å²) in [6.45, 7) is 0. The van der Waals surface area contributed by atoms with Crippen LogP contribution in [0.5, 0.6) is 0 Å². The zero-order chi connectivity index (χ0) is 11.7. The molecule has 1 atom stereocenters. The average molecular weight is 283 g/mol. The molecule has 1 aromatic carbocycles. The summed E-state index contributed by atoms with van der Waals surface area (Å²) in [7, 11) is 4.06. The molecule has 0 aromatic heterocycles. The van der Waals surface area contributed by atoms with Crippen LogP contribution in [0.2, 0.25) is 0 Å². The third kappa shape index (κ3) is 2.28. The monoisotopic (exact) mass is 282 g/mol. The van der Waals surface area contributed by atoms with Gasteiger partial charge in [0.15, 0.2) is 0 Å². The van der Waals surface area contributed by atoms with Crippen molar-refractivity contribution < 1.29 is 4.79 Å². The largest absolute Gasteiger partial charge is 0.326 e. The van der Waals surface area contributed by atoms with E-state index < -0.39 is 0 Å². The van der Waals surface area contributed by atoms with Gasteiger partial charge in [0.25, 0.3) is 0 Å². The fourth-order valence-electron chi connectivity index (χ4n) is 1.85. The van der Waals surface area contributed by atoms with Gasteiger partial charge in [-0.1, -0.05) is 28.1 Å². The molecule has 1 amide bonds. The van der Waals surface area contributed by atoms with Crippen molar-refractivity contribution in [1.82, 2.24) is 4.90 Å². The quantitative estimate of drug-likeness (QED) is 0.668. The maximum atomic E-state index is 11.2. The molecule has 3 nitrogen and oxygen atoms in total. The second-order valence-electron chi connectivity index (χ2n) is 4.26. The number of carbonyl (C=O) groups excluding carboxylic acids is 1. The minimum Gasteiger partial charge on any atom is -0.326 e. The van der Waals surface area contributed by atoms with E-state index >= 15 is 0 Å². The van der Waals surface area contributed by atoms with E-state index in [0.717, 1.165) is 12.1 Å². The Morgan fingerprint density at radius 3 is 2.81 bits per heavy atom. The number of alkyl halides is 1. The molecule has 86 valence electrons. The topological polar surface area (TPSA) is 32.3 Å². The van der Waals surface area contributed by atoms with Crippen molar-refractivity contribution in [2.24, 2.45) is 0 Å². The molecule has 1 aliphatic rings. The van der Waals surface area contributed by atoms with Crippen molar-refractivity contribution in [3.05, 3.63) is 29.3 Å². The number of halogens is 1. The zero-order valence-corrected chi connectivity index (χ0v) is 11.0. The van der Waals surface area contributed by atoms with Gasteiger partial charge in [-0.2, -0.15) is 0 Å². The first-order valence-electron chi connectivity index (χ1n) is 5.31. The lowest BCUT2D eigenvalue weighted by atomic mass is 10.0. The third-order valence-corrected chi connectivity index (χ3v) is 4.10. The van der Waals surface area contributed by atoms with Gasteiger partial charge in [0.2, 0.25) is 5.91 Å². The fourth-order valence-corrected chi connectivity index (χ4v) is 2.13. The number of carbonyl (C=O) groups is 1. The number of aryl methyl sites for hydroxylation is 1. The van der Waals surface area contributed by atoms with Crippen LogP contribution in [-0.4, -0.2) is 24.9 Å². The highest BCUT2D eigenvalue weighted by Gasteiger charge is 2.17. The minimum atomic E-state index is 0.114. The van der Waals surface area contributed by atoms with Crippen LogP contribution in [0, 0.1) is 0 Å². The van der Waals surface area contributed by atoms with Gasteiger partial charge in [-0.05, 0) is 37.7 Å². The summed E-state index contributed by atoms with van der Waals surface area (Å²) >= 11 is 3.63. The minimum absolute atomic E-state index is 0.114. The predicted molar refractivity (Wildman–Crippen MR) is 68.7 cm³/mol.